The van der Waals surface area contributed by atoms with Crippen LogP contribution in [0, 0.1) is 0 Å². The Kier molecular flexibility index (Phi) is 6.16. The van der Waals surface area contributed by atoms with Gasteiger partial charge in [-0.25, -0.2) is 0 Å². The maximum Gasteiger partial charge on any atom is 0.255 e. The van der Waals surface area contributed by atoms with Crippen LogP contribution < -0.4 is 19.5 Å². The van der Waals surface area contributed by atoms with Crippen LogP contribution >= 0.6 is 0 Å². The van der Waals surface area contributed by atoms with Crippen LogP contribution in [0.25, 0.3) is 0 Å². The quantitative estimate of drug-likeness (QED) is 0.645. The summed E-state index contributed by atoms with van der Waals surface area (Å²) in [6.45, 7) is 2.20. The maximum absolute atomic E-state index is 12.9. The van der Waals surface area contributed by atoms with E-state index in [0.29, 0.717) is 61.2 Å². The number of ether oxygens (including phenoxy) is 5. The Hall–Kier alpha value is -3.34. The van der Waals surface area contributed by atoms with Crippen LogP contribution in [0.15, 0.2) is 36.4 Å². The van der Waals surface area contributed by atoms with E-state index in [0.717, 1.165) is 5.56 Å². The molecule has 10 heteroatoms. The highest BCUT2D eigenvalue weighted by atomic mass is 16.7. The van der Waals surface area contributed by atoms with Crippen LogP contribution in [0.4, 0.5) is 5.69 Å². The van der Waals surface area contributed by atoms with Crippen molar-refractivity contribution in [3.8, 4) is 17.2 Å². The molecule has 6 rings (SSSR count). The van der Waals surface area contributed by atoms with Crippen molar-refractivity contribution in [1.29, 1.82) is 0 Å². The van der Waals surface area contributed by atoms with Crippen molar-refractivity contribution in [3.63, 3.8) is 0 Å². The molecule has 2 aromatic rings. The van der Waals surface area contributed by atoms with Crippen LogP contribution in [-0.2, 0) is 14.3 Å². The molecule has 0 aromatic heterocycles. The van der Waals surface area contributed by atoms with Gasteiger partial charge in [-0.15, -0.1) is 0 Å². The van der Waals surface area contributed by atoms with Gasteiger partial charge in [0.05, 0.1) is 32.3 Å². The SMILES string of the molecule is O=C(Nc1ccc2c(c1)[C@H]1C[C@@H](CC(=O)N3CCOCC3)O[C@H](CO)[C@H]1O2)c1ccc2c(c1)OCO2. The summed E-state index contributed by atoms with van der Waals surface area (Å²) in [5.41, 5.74) is 2.03. The number of morpholine rings is 1. The Morgan fingerprint density at radius 3 is 2.67 bits per heavy atom. The van der Waals surface area contributed by atoms with Gasteiger partial charge < -0.3 is 39.0 Å². The summed E-state index contributed by atoms with van der Waals surface area (Å²) in [6.07, 6.45) is -0.385. The number of hydrogen-bond donors (Lipinski definition) is 2. The molecule has 4 atom stereocenters. The lowest BCUT2D eigenvalue weighted by Gasteiger charge is -2.38. The number of carbonyl (C=O) groups excluding carboxylic acids is 2. The first kappa shape index (κ1) is 23.1. The molecule has 2 saturated heterocycles. The zero-order valence-corrected chi connectivity index (χ0v) is 19.7. The minimum Gasteiger partial charge on any atom is -0.487 e. The van der Waals surface area contributed by atoms with Gasteiger partial charge in [0.1, 0.15) is 18.0 Å². The second-order valence-corrected chi connectivity index (χ2v) is 9.38. The van der Waals surface area contributed by atoms with Crippen LogP contribution in [0.1, 0.15) is 34.7 Å². The van der Waals surface area contributed by atoms with Crippen LogP contribution in [0.5, 0.6) is 17.2 Å². The molecule has 4 heterocycles. The molecule has 0 radical (unpaired) electrons. The second kappa shape index (κ2) is 9.61. The summed E-state index contributed by atoms with van der Waals surface area (Å²) in [6, 6.07) is 10.6. The predicted octanol–water partition coefficient (Wildman–Crippen LogP) is 1.91. The number of aliphatic hydroxyl groups excluding tert-OH is 1. The summed E-state index contributed by atoms with van der Waals surface area (Å²) >= 11 is 0. The molecule has 2 aromatic carbocycles. The first-order valence-corrected chi connectivity index (χ1v) is 12.2. The van der Waals surface area contributed by atoms with Gasteiger partial charge in [-0.2, -0.15) is 0 Å². The Labute approximate surface area is 208 Å². The molecule has 0 bridgehead atoms. The Bertz CT molecular complexity index is 1160. The largest absolute Gasteiger partial charge is 0.487 e. The summed E-state index contributed by atoms with van der Waals surface area (Å²) < 4.78 is 28.2. The third kappa shape index (κ3) is 4.36. The molecule has 2 fully saturated rings. The van der Waals surface area contributed by atoms with E-state index < -0.39 is 6.10 Å². The van der Waals surface area contributed by atoms with E-state index >= 15 is 0 Å². The minimum atomic E-state index is -0.537. The molecule has 2 N–H and O–H groups in total. The molecule has 4 aliphatic rings. The lowest BCUT2D eigenvalue weighted by atomic mass is 9.84. The number of anilines is 1. The zero-order valence-electron chi connectivity index (χ0n) is 19.7. The van der Waals surface area contributed by atoms with Gasteiger partial charge in [-0.3, -0.25) is 9.59 Å². The predicted molar refractivity (Wildman–Crippen MR) is 126 cm³/mol. The summed E-state index contributed by atoms with van der Waals surface area (Å²) in [7, 11) is 0. The fourth-order valence-corrected chi connectivity index (χ4v) is 5.34. The van der Waals surface area contributed by atoms with Gasteiger partial charge in [0.15, 0.2) is 11.5 Å². The average Bonchev–Trinajstić information content (AvgIpc) is 3.52. The first-order valence-electron chi connectivity index (χ1n) is 12.2. The third-order valence-corrected chi connectivity index (χ3v) is 7.16. The van der Waals surface area contributed by atoms with Gasteiger partial charge in [-0.1, -0.05) is 0 Å². The standard InChI is InChI=1S/C26H28N2O8/c29-13-23-25-19(11-17(35-23)12-24(30)28-5-7-32-8-6-28)18-10-16(2-4-20(18)36-25)27-26(31)15-1-3-21-22(9-15)34-14-33-21/h1-4,9-10,17,19,23,25,29H,5-8,11-14H2,(H,27,31)/t17-,19+,23+,25-/m0/s1. The van der Waals surface area contributed by atoms with Crippen molar-refractivity contribution < 1.29 is 38.4 Å². The number of fused-ring (bicyclic) bond motifs is 4. The highest BCUT2D eigenvalue weighted by Gasteiger charge is 2.46. The number of benzene rings is 2. The maximum atomic E-state index is 12.9. The van der Waals surface area contributed by atoms with E-state index in [-0.39, 0.29) is 49.8 Å². The number of rotatable bonds is 5. The van der Waals surface area contributed by atoms with Gasteiger partial charge in [0, 0.05) is 35.8 Å². The molecule has 0 aliphatic carbocycles. The van der Waals surface area contributed by atoms with Crippen molar-refractivity contribution in [1.82, 2.24) is 4.90 Å². The van der Waals surface area contributed by atoms with Gasteiger partial charge >= 0.3 is 0 Å². The molecular formula is C26H28N2O8. The number of nitrogens with one attached hydrogen (secondary N) is 1. The van der Waals surface area contributed by atoms with E-state index in [4.69, 9.17) is 23.7 Å². The lowest BCUT2D eigenvalue weighted by Crippen LogP contribution is -2.48. The van der Waals surface area contributed by atoms with Crippen molar-refractivity contribution in [2.45, 2.75) is 37.1 Å². The van der Waals surface area contributed by atoms with Crippen molar-refractivity contribution in [3.05, 3.63) is 47.5 Å². The third-order valence-electron chi connectivity index (χ3n) is 7.16. The molecule has 36 heavy (non-hydrogen) atoms. The Morgan fingerprint density at radius 1 is 1.03 bits per heavy atom. The molecule has 0 unspecified atom stereocenters. The molecule has 0 spiro atoms. The second-order valence-electron chi connectivity index (χ2n) is 9.38. The topological polar surface area (TPSA) is 116 Å². The van der Waals surface area contributed by atoms with Crippen molar-refractivity contribution >= 4 is 17.5 Å². The van der Waals surface area contributed by atoms with E-state index in [1.165, 1.54) is 0 Å². The van der Waals surface area contributed by atoms with Gasteiger partial charge in [0.2, 0.25) is 12.7 Å². The number of carbonyl (C=O) groups is 2. The normalized spacial score (nSPS) is 26.1. The van der Waals surface area contributed by atoms with E-state index in [9.17, 15) is 14.7 Å². The van der Waals surface area contributed by atoms with Gasteiger partial charge in [-0.05, 0) is 42.8 Å². The molecule has 0 saturated carbocycles. The molecule has 4 aliphatic heterocycles. The Balaban J connectivity index is 1.17. The highest BCUT2D eigenvalue weighted by molar-refractivity contribution is 6.04. The smallest absolute Gasteiger partial charge is 0.255 e. The van der Waals surface area contributed by atoms with Crippen LogP contribution in [0.2, 0.25) is 0 Å². The molecule has 190 valence electrons. The number of amides is 2. The lowest BCUT2D eigenvalue weighted by molar-refractivity contribution is -0.151. The molecule has 2 amide bonds. The zero-order chi connectivity index (χ0) is 24.6. The van der Waals surface area contributed by atoms with E-state index in [1.54, 1.807) is 29.2 Å². The summed E-state index contributed by atoms with van der Waals surface area (Å²) in [5.74, 6) is 1.57. The number of hydrogen-bond acceptors (Lipinski definition) is 8. The Morgan fingerprint density at radius 2 is 1.83 bits per heavy atom. The van der Waals surface area contributed by atoms with Crippen molar-refractivity contribution in [2.24, 2.45) is 0 Å². The fraction of sp³-hybridized carbons (Fsp3) is 0.462. The van der Waals surface area contributed by atoms with Gasteiger partial charge in [0.25, 0.3) is 5.91 Å². The minimum absolute atomic E-state index is 0.0299. The van der Waals surface area contributed by atoms with Crippen molar-refractivity contribution in [2.75, 3.05) is 45.0 Å². The fourth-order valence-electron chi connectivity index (χ4n) is 5.34. The summed E-state index contributed by atoms with van der Waals surface area (Å²) in [5, 5.41) is 12.9. The number of nitrogens with zero attached hydrogens (tertiary/aromatic N) is 1. The van der Waals surface area contributed by atoms with E-state index in [2.05, 4.69) is 5.32 Å². The monoisotopic (exact) mass is 496 g/mol. The van der Waals surface area contributed by atoms with E-state index in [1.807, 2.05) is 12.1 Å². The van der Waals surface area contributed by atoms with Crippen LogP contribution in [0.3, 0.4) is 0 Å². The average molecular weight is 497 g/mol. The van der Waals surface area contributed by atoms with Crippen LogP contribution in [-0.4, -0.2) is 79.8 Å². The number of aliphatic hydroxyl groups is 1. The highest BCUT2D eigenvalue weighted by Crippen LogP contribution is 2.47. The first-order chi connectivity index (χ1) is 17.6. The molecule has 10 nitrogen and oxygen atoms in total. The molecular weight excluding hydrogens is 468 g/mol. The summed E-state index contributed by atoms with van der Waals surface area (Å²) in [4.78, 5) is 27.5.